The van der Waals surface area contributed by atoms with Gasteiger partial charge in [0.05, 0.1) is 0 Å². The van der Waals surface area contributed by atoms with E-state index in [-0.39, 0.29) is 0 Å². The van der Waals surface area contributed by atoms with Gasteiger partial charge in [0.15, 0.2) is 0 Å². The normalized spacial score (nSPS) is 12.8. The second kappa shape index (κ2) is 12.5. The van der Waals surface area contributed by atoms with E-state index in [1.807, 2.05) is 18.2 Å². The van der Waals surface area contributed by atoms with E-state index in [1.54, 1.807) is 4.90 Å². The van der Waals surface area contributed by atoms with Gasteiger partial charge < -0.3 is 4.90 Å². The molecule has 112 valence electrons. The first-order chi connectivity index (χ1) is 9.73. The second-order valence-corrected chi connectivity index (χ2v) is 4.90. The highest BCUT2D eigenvalue weighted by molar-refractivity contribution is 5.54. The average Bonchev–Trinajstić information content (AvgIpc) is 2.67. The molecule has 1 aliphatic carbocycles. The van der Waals surface area contributed by atoms with Crippen LogP contribution in [0, 0.1) is 0 Å². The predicted octanol–water partition coefficient (Wildman–Crippen LogP) is 5.00. The molecule has 0 N–H and O–H groups in total. The lowest BCUT2D eigenvalue weighted by Crippen LogP contribution is -2.21. The highest BCUT2D eigenvalue weighted by Crippen LogP contribution is 2.15. The van der Waals surface area contributed by atoms with Gasteiger partial charge in [-0.3, -0.25) is 4.79 Å². The molecule has 0 radical (unpaired) electrons. The van der Waals surface area contributed by atoms with Crippen molar-refractivity contribution >= 4 is 6.41 Å². The van der Waals surface area contributed by atoms with Crippen LogP contribution in [0.4, 0.5) is 0 Å². The van der Waals surface area contributed by atoms with Crippen molar-refractivity contribution in [2.75, 3.05) is 6.54 Å². The molecule has 0 saturated heterocycles. The molecule has 0 saturated carbocycles. The van der Waals surface area contributed by atoms with E-state index in [0.29, 0.717) is 0 Å². The summed E-state index contributed by atoms with van der Waals surface area (Å²) in [6, 6.07) is 0. The molecule has 0 aromatic heterocycles. The van der Waals surface area contributed by atoms with Gasteiger partial charge in [-0.1, -0.05) is 47.0 Å². The summed E-state index contributed by atoms with van der Waals surface area (Å²) < 4.78 is 0. The molecule has 2 nitrogen and oxygen atoms in total. The zero-order valence-electron chi connectivity index (χ0n) is 13.5. The Morgan fingerprint density at radius 3 is 2.45 bits per heavy atom. The van der Waals surface area contributed by atoms with Crippen LogP contribution in [0.1, 0.15) is 59.8 Å². The standard InChI is InChI=1S/C15H21NO.C3H8/c1-3-5-11-16(13-17)15-10-7-6-9-14(12-15)8-4-2;1-3-2/h7,9-10,12-13H,3-5,8,11H2,1-2H3;3H2,1-2H3. The molecule has 0 fully saturated rings. The maximum atomic E-state index is 11.1. The van der Waals surface area contributed by atoms with Crippen molar-refractivity contribution in [1.82, 2.24) is 4.90 Å². The smallest absolute Gasteiger partial charge is 0.214 e. The van der Waals surface area contributed by atoms with E-state index in [2.05, 4.69) is 39.5 Å². The van der Waals surface area contributed by atoms with Crippen molar-refractivity contribution in [3.05, 3.63) is 41.3 Å². The van der Waals surface area contributed by atoms with Crippen LogP contribution in [0.3, 0.4) is 0 Å². The van der Waals surface area contributed by atoms with Crippen LogP contribution < -0.4 is 0 Å². The van der Waals surface area contributed by atoms with Gasteiger partial charge >= 0.3 is 0 Å². The van der Waals surface area contributed by atoms with Crippen LogP contribution in [0.5, 0.6) is 0 Å². The summed E-state index contributed by atoms with van der Waals surface area (Å²) in [5.41, 5.74) is 5.31. The van der Waals surface area contributed by atoms with E-state index < -0.39 is 0 Å². The van der Waals surface area contributed by atoms with Crippen LogP contribution >= 0.6 is 0 Å². The summed E-state index contributed by atoms with van der Waals surface area (Å²) in [6.07, 6.45) is 14.3. The molecular formula is C18H29NO. The Kier molecular flexibility index (Phi) is 11.5. The molecule has 0 atom stereocenters. The van der Waals surface area contributed by atoms with Gasteiger partial charge in [0.25, 0.3) is 0 Å². The second-order valence-electron chi connectivity index (χ2n) is 4.90. The van der Waals surface area contributed by atoms with Crippen molar-refractivity contribution in [1.29, 1.82) is 0 Å². The topological polar surface area (TPSA) is 20.3 Å². The summed E-state index contributed by atoms with van der Waals surface area (Å²) in [7, 11) is 0. The van der Waals surface area contributed by atoms with Gasteiger partial charge in [-0.2, -0.15) is 0 Å². The number of carbonyl (C=O) groups excluding carboxylic acids is 1. The number of nitrogens with zero attached hydrogens (tertiary/aromatic N) is 1. The van der Waals surface area contributed by atoms with Crippen molar-refractivity contribution in [3.63, 3.8) is 0 Å². The molecule has 0 aromatic carbocycles. The number of carbonyl (C=O) groups is 1. The van der Waals surface area contributed by atoms with E-state index >= 15 is 0 Å². The van der Waals surface area contributed by atoms with Gasteiger partial charge in [0.2, 0.25) is 6.41 Å². The SMILES string of the molecule is CCC.CCCCN(C=O)C1=CC=C=CC(CCC)=C1. The van der Waals surface area contributed by atoms with Gasteiger partial charge in [0, 0.05) is 12.2 Å². The Morgan fingerprint density at radius 2 is 1.90 bits per heavy atom. The fraction of sp³-hybridized carbons (Fsp3) is 0.556. The minimum atomic E-state index is 0.787. The third-order valence-electron chi connectivity index (χ3n) is 2.70. The number of amides is 1. The average molecular weight is 275 g/mol. The molecule has 0 aliphatic heterocycles. The summed E-state index contributed by atoms with van der Waals surface area (Å²) in [5, 5.41) is 0. The molecule has 2 heteroatoms. The van der Waals surface area contributed by atoms with Crippen LogP contribution in [-0.2, 0) is 4.79 Å². The predicted molar refractivity (Wildman–Crippen MR) is 87.4 cm³/mol. The summed E-state index contributed by atoms with van der Waals surface area (Å²) in [5.74, 6) is 0. The van der Waals surface area contributed by atoms with Crippen LogP contribution in [0.25, 0.3) is 0 Å². The molecule has 1 rings (SSSR count). The fourth-order valence-electron chi connectivity index (χ4n) is 1.75. The quantitative estimate of drug-likeness (QED) is 0.473. The first-order valence-electron chi connectivity index (χ1n) is 7.78. The number of hydrogen-bond acceptors (Lipinski definition) is 1. The molecule has 0 aromatic rings. The summed E-state index contributed by atoms with van der Waals surface area (Å²) in [4.78, 5) is 12.9. The molecule has 0 unspecified atom stereocenters. The Bertz CT molecular complexity index is 384. The molecule has 1 aliphatic rings. The lowest BCUT2D eigenvalue weighted by atomic mass is 10.1. The van der Waals surface area contributed by atoms with Gasteiger partial charge in [0.1, 0.15) is 0 Å². The minimum absolute atomic E-state index is 0.787. The van der Waals surface area contributed by atoms with E-state index in [9.17, 15) is 4.79 Å². The molecule has 0 spiro atoms. The fourth-order valence-corrected chi connectivity index (χ4v) is 1.75. The van der Waals surface area contributed by atoms with Crippen LogP contribution in [0.15, 0.2) is 41.3 Å². The maximum absolute atomic E-state index is 11.1. The summed E-state index contributed by atoms with van der Waals surface area (Å²) >= 11 is 0. The van der Waals surface area contributed by atoms with E-state index in [4.69, 9.17) is 0 Å². The van der Waals surface area contributed by atoms with Crippen LogP contribution in [-0.4, -0.2) is 17.9 Å². The Hall–Kier alpha value is -1.53. The zero-order chi connectivity index (χ0) is 15.2. The largest absolute Gasteiger partial charge is 0.315 e. The number of rotatable bonds is 7. The third kappa shape index (κ3) is 7.81. The van der Waals surface area contributed by atoms with Gasteiger partial charge in [-0.25, -0.2) is 0 Å². The molecule has 0 bridgehead atoms. The van der Waals surface area contributed by atoms with Gasteiger partial charge in [-0.15, -0.1) is 5.73 Å². The monoisotopic (exact) mass is 275 g/mol. The van der Waals surface area contributed by atoms with Crippen molar-refractivity contribution in [2.24, 2.45) is 0 Å². The van der Waals surface area contributed by atoms with Gasteiger partial charge in [-0.05, 0) is 42.7 Å². The van der Waals surface area contributed by atoms with Crippen molar-refractivity contribution in [3.8, 4) is 0 Å². The third-order valence-corrected chi connectivity index (χ3v) is 2.70. The first-order valence-corrected chi connectivity index (χ1v) is 7.78. The number of hydrogen-bond donors (Lipinski definition) is 0. The Balaban J connectivity index is 0.00000110. The zero-order valence-corrected chi connectivity index (χ0v) is 13.5. The Labute approximate surface area is 124 Å². The van der Waals surface area contributed by atoms with E-state index in [0.717, 1.165) is 44.3 Å². The number of allylic oxidation sites excluding steroid dienone is 4. The molecular weight excluding hydrogens is 246 g/mol. The molecule has 0 heterocycles. The molecule has 20 heavy (non-hydrogen) atoms. The Morgan fingerprint density at radius 1 is 1.20 bits per heavy atom. The molecule has 1 amide bonds. The van der Waals surface area contributed by atoms with E-state index in [1.165, 1.54) is 12.0 Å². The summed E-state index contributed by atoms with van der Waals surface area (Å²) in [6.45, 7) is 9.32. The highest BCUT2D eigenvalue weighted by Gasteiger charge is 2.06. The minimum Gasteiger partial charge on any atom is -0.315 e. The first kappa shape index (κ1) is 18.5. The maximum Gasteiger partial charge on any atom is 0.214 e. The van der Waals surface area contributed by atoms with Crippen LogP contribution in [0.2, 0.25) is 0 Å². The lowest BCUT2D eigenvalue weighted by Gasteiger charge is -2.18. The van der Waals surface area contributed by atoms with Crippen molar-refractivity contribution < 1.29 is 4.79 Å². The number of unbranched alkanes of at least 4 members (excludes halogenated alkanes) is 1. The van der Waals surface area contributed by atoms with Crippen molar-refractivity contribution in [2.45, 2.75) is 59.8 Å². The lowest BCUT2D eigenvalue weighted by molar-refractivity contribution is -0.116. The highest BCUT2D eigenvalue weighted by atomic mass is 16.1.